The van der Waals surface area contributed by atoms with E-state index in [0.717, 1.165) is 34.9 Å². The first-order valence-corrected chi connectivity index (χ1v) is 7.25. The van der Waals surface area contributed by atoms with Crippen LogP contribution in [0.2, 0.25) is 0 Å². The molecule has 6 nitrogen and oxygen atoms in total. The van der Waals surface area contributed by atoms with E-state index >= 15 is 0 Å². The highest BCUT2D eigenvalue weighted by Crippen LogP contribution is 2.21. The van der Waals surface area contributed by atoms with Gasteiger partial charge in [-0.25, -0.2) is 0 Å². The zero-order valence-electron chi connectivity index (χ0n) is 10.2. The predicted octanol–water partition coefficient (Wildman–Crippen LogP) is 0.744. The maximum atomic E-state index is 12.1. The molecule has 96 valence electrons. The van der Waals surface area contributed by atoms with Gasteiger partial charge in [-0.1, -0.05) is 4.52 Å². The van der Waals surface area contributed by atoms with E-state index in [2.05, 4.69) is 15.2 Å². The lowest BCUT2D eigenvalue weighted by atomic mass is 10.3. The number of fused-ring (bicyclic) bond motifs is 5. The summed E-state index contributed by atoms with van der Waals surface area (Å²) in [4.78, 5) is 16.2. The molecule has 19 heavy (non-hydrogen) atoms. The number of nitrogens with one attached hydrogen (secondary N) is 1. The van der Waals surface area contributed by atoms with Gasteiger partial charge in [-0.05, 0) is 41.8 Å². The largest absolute Gasteiger partial charge is 0.364 e. The van der Waals surface area contributed by atoms with Crippen LogP contribution in [0.15, 0.2) is 28.3 Å². The van der Waals surface area contributed by atoms with Gasteiger partial charge in [0.1, 0.15) is 12.1 Å². The second-order valence-electron chi connectivity index (χ2n) is 4.56. The smallest absolute Gasteiger partial charge is 0.264 e. The van der Waals surface area contributed by atoms with Crippen LogP contribution >= 0.6 is 11.8 Å². The minimum absolute atomic E-state index is 0.172. The summed E-state index contributed by atoms with van der Waals surface area (Å²) in [5, 5.41) is 9.29. The van der Waals surface area contributed by atoms with E-state index in [1.807, 2.05) is 16.8 Å². The average Bonchev–Trinajstić information content (AvgIpc) is 2.63. The van der Waals surface area contributed by atoms with E-state index in [0.29, 0.717) is 5.52 Å². The molecule has 1 N–H and O–H groups in total. The molecule has 0 fully saturated rings. The van der Waals surface area contributed by atoms with E-state index in [4.69, 9.17) is 0 Å². The molecule has 7 heteroatoms. The van der Waals surface area contributed by atoms with Crippen molar-refractivity contribution >= 4 is 28.3 Å². The van der Waals surface area contributed by atoms with Crippen molar-refractivity contribution in [3.63, 3.8) is 0 Å². The molecule has 3 aromatic heterocycles. The van der Waals surface area contributed by atoms with Crippen LogP contribution in [0.5, 0.6) is 0 Å². The van der Waals surface area contributed by atoms with Gasteiger partial charge in [0.05, 0.1) is 5.39 Å². The molecule has 0 radical (unpaired) electrons. The lowest BCUT2D eigenvalue weighted by molar-refractivity contribution is -0.784. The summed E-state index contributed by atoms with van der Waals surface area (Å²) in [6, 6.07) is 3.73. The van der Waals surface area contributed by atoms with Gasteiger partial charge in [-0.15, -0.1) is 4.68 Å². The molecule has 0 aliphatic carbocycles. The third-order valence-corrected chi connectivity index (χ3v) is 4.46. The van der Waals surface area contributed by atoms with Crippen LogP contribution in [0.1, 0.15) is 12.8 Å². The number of nitrogens with zero attached hydrogens (tertiary/aromatic N) is 4. The lowest BCUT2D eigenvalue weighted by Gasteiger charge is -1.94. The summed E-state index contributed by atoms with van der Waals surface area (Å²) >= 11 is 1.74. The van der Waals surface area contributed by atoms with Gasteiger partial charge in [0.15, 0.2) is 0 Å². The first-order valence-electron chi connectivity index (χ1n) is 6.27. The molecule has 0 atom stereocenters. The van der Waals surface area contributed by atoms with E-state index in [1.54, 1.807) is 22.5 Å². The first-order chi connectivity index (χ1) is 9.34. The van der Waals surface area contributed by atoms with Crippen LogP contribution < -0.4 is 10.2 Å². The van der Waals surface area contributed by atoms with Crippen LogP contribution in [-0.4, -0.2) is 25.4 Å². The maximum absolute atomic E-state index is 12.1. The molecule has 1 aliphatic rings. The number of hydrogen-bond acceptors (Lipinski definition) is 4. The molecule has 3 aromatic rings. The molecular weight excluding hydrogens is 262 g/mol. The highest BCUT2D eigenvalue weighted by Gasteiger charge is 2.26. The van der Waals surface area contributed by atoms with Crippen molar-refractivity contribution in [3.8, 4) is 0 Å². The number of pyridine rings is 1. The third-order valence-electron chi connectivity index (χ3n) is 3.31. The Morgan fingerprint density at radius 2 is 2.37 bits per heavy atom. The minimum atomic E-state index is -0.172. The summed E-state index contributed by atoms with van der Waals surface area (Å²) in [7, 11) is 0. The number of H-pyrrole nitrogens is 1. The normalized spacial score (nSPS) is 15.6. The Kier molecular flexibility index (Phi) is 2.34. The highest BCUT2D eigenvalue weighted by molar-refractivity contribution is 7.99. The Morgan fingerprint density at radius 1 is 1.42 bits per heavy atom. The van der Waals surface area contributed by atoms with Crippen molar-refractivity contribution in [2.45, 2.75) is 24.5 Å². The number of thioether (sulfide) groups is 1. The summed E-state index contributed by atoms with van der Waals surface area (Å²) in [6.45, 7) is 0.897. The molecule has 0 spiro atoms. The average molecular weight is 274 g/mol. The predicted molar refractivity (Wildman–Crippen MR) is 71.3 cm³/mol. The van der Waals surface area contributed by atoms with Crippen molar-refractivity contribution < 1.29 is 4.68 Å². The zero-order chi connectivity index (χ0) is 12.8. The SMILES string of the molecule is O=c1[nH]n2c3[n+](nc2c2cccnc12)CCCCS3. The lowest BCUT2D eigenvalue weighted by Crippen LogP contribution is -2.37. The topological polar surface area (TPSA) is 66.9 Å². The highest BCUT2D eigenvalue weighted by atomic mass is 32.2. The Bertz CT molecular complexity index is 837. The van der Waals surface area contributed by atoms with Crippen LogP contribution in [0.3, 0.4) is 0 Å². The van der Waals surface area contributed by atoms with Crippen LogP contribution in [-0.2, 0) is 6.54 Å². The van der Waals surface area contributed by atoms with Gasteiger partial charge in [-0.3, -0.25) is 9.78 Å². The van der Waals surface area contributed by atoms with Crippen molar-refractivity contribution in [3.05, 3.63) is 28.7 Å². The fraction of sp³-hybridized carbons (Fsp3) is 0.333. The molecule has 0 amide bonds. The Balaban J connectivity index is 2.16. The molecule has 0 bridgehead atoms. The maximum Gasteiger partial charge on any atom is 0.364 e. The third kappa shape index (κ3) is 1.58. The van der Waals surface area contributed by atoms with Gasteiger partial charge in [-0.2, -0.15) is 5.10 Å². The van der Waals surface area contributed by atoms with E-state index in [-0.39, 0.29) is 5.56 Å². The zero-order valence-corrected chi connectivity index (χ0v) is 11.0. The number of aryl methyl sites for hydroxylation is 1. The van der Waals surface area contributed by atoms with Gasteiger partial charge >= 0.3 is 10.7 Å². The summed E-state index contributed by atoms with van der Waals surface area (Å²) < 4.78 is 3.78. The van der Waals surface area contributed by atoms with Crippen LogP contribution in [0.4, 0.5) is 0 Å². The summed E-state index contributed by atoms with van der Waals surface area (Å²) in [5.41, 5.74) is 1.04. The monoisotopic (exact) mass is 274 g/mol. The molecule has 0 unspecified atom stereocenters. The molecule has 1 aliphatic heterocycles. The van der Waals surface area contributed by atoms with Crippen LogP contribution in [0, 0.1) is 0 Å². The van der Waals surface area contributed by atoms with Crippen molar-refractivity contribution in [1.82, 2.24) is 19.7 Å². The van der Waals surface area contributed by atoms with Crippen molar-refractivity contribution in [2.24, 2.45) is 0 Å². The molecule has 0 saturated heterocycles. The molecule has 0 saturated carbocycles. The minimum Gasteiger partial charge on any atom is -0.264 e. The van der Waals surface area contributed by atoms with E-state index < -0.39 is 0 Å². The summed E-state index contributed by atoms with van der Waals surface area (Å²) in [5.74, 6) is 1.06. The summed E-state index contributed by atoms with van der Waals surface area (Å²) in [6.07, 6.45) is 3.92. The number of aromatic nitrogens is 5. The van der Waals surface area contributed by atoms with Crippen LogP contribution in [0.25, 0.3) is 16.6 Å². The van der Waals surface area contributed by atoms with Gasteiger partial charge in [0.2, 0.25) is 0 Å². The Morgan fingerprint density at radius 3 is 3.32 bits per heavy atom. The van der Waals surface area contributed by atoms with Crippen molar-refractivity contribution in [1.29, 1.82) is 0 Å². The number of hydrogen-bond donors (Lipinski definition) is 1. The first kappa shape index (κ1) is 11.0. The fourth-order valence-electron chi connectivity index (χ4n) is 2.42. The fourth-order valence-corrected chi connectivity index (χ4v) is 3.49. The van der Waals surface area contributed by atoms with E-state index in [9.17, 15) is 4.79 Å². The van der Waals surface area contributed by atoms with E-state index in [1.165, 1.54) is 6.42 Å². The molecule has 4 heterocycles. The molecular formula is C12H12N5OS+. The number of aromatic amines is 1. The van der Waals surface area contributed by atoms with Crippen molar-refractivity contribution in [2.75, 3.05) is 5.75 Å². The Hall–Kier alpha value is -1.89. The van der Waals surface area contributed by atoms with Gasteiger partial charge in [0, 0.05) is 11.9 Å². The Labute approximate surface area is 112 Å². The second-order valence-corrected chi connectivity index (χ2v) is 5.62. The number of rotatable bonds is 0. The second kappa shape index (κ2) is 4.06. The molecule has 0 aromatic carbocycles. The quantitative estimate of drug-likeness (QED) is 0.614. The van der Waals surface area contributed by atoms with Gasteiger partial charge in [0.25, 0.3) is 5.65 Å². The van der Waals surface area contributed by atoms with Gasteiger partial charge < -0.3 is 0 Å². The molecule has 4 rings (SSSR count). The standard InChI is InChI=1S/C12H11N5OS/c18-11-9-8(4-3-5-13-9)10-14-16-6-1-2-7-19-12(16)17(10)15-11/h3-5H,1-2,6-7H2/p+1.